The van der Waals surface area contributed by atoms with E-state index in [9.17, 15) is 8.42 Å². The zero-order valence-corrected chi connectivity index (χ0v) is 12.2. The van der Waals surface area contributed by atoms with E-state index in [2.05, 4.69) is 9.71 Å². The van der Waals surface area contributed by atoms with Crippen LogP contribution in [0.1, 0.15) is 32.1 Å². The van der Waals surface area contributed by atoms with Crippen molar-refractivity contribution in [1.82, 2.24) is 9.71 Å². The number of nitrogens with zero attached hydrogens (tertiary/aromatic N) is 1. The van der Waals surface area contributed by atoms with E-state index in [4.69, 9.17) is 11.6 Å². The topological polar surface area (TPSA) is 59.1 Å². The van der Waals surface area contributed by atoms with Crippen molar-refractivity contribution in [2.75, 3.05) is 6.54 Å². The maximum atomic E-state index is 12.2. The minimum Gasteiger partial charge on any atom is -0.262 e. The predicted octanol–water partition coefficient (Wildman–Crippen LogP) is 2.59. The molecule has 2 fully saturated rings. The standard InChI is InChI=1S/C13H17ClN2O2S/c14-11-6-12(8-15-7-11)19(17,18)16-9-13(4-1-5-13)10-2-3-10/h6-8,10,16H,1-5,9H2. The van der Waals surface area contributed by atoms with Gasteiger partial charge in [-0.1, -0.05) is 18.0 Å². The Hall–Kier alpha value is -0.650. The van der Waals surface area contributed by atoms with Gasteiger partial charge in [0.15, 0.2) is 0 Å². The monoisotopic (exact) mass is 300 g/mol. The minimum atomic E-state index is -3.49. The fourth-order valence-electron chi connectivity index (χ4n) is 2.92. The van der Waals surface area contributed by atoms with Gasteiger partial charge in [-0.25, -0.2) is 13.1 Å². The third-order valence-corrected chi connectivity index (χ3v) is 5.97. The van der Waals surface area contributed by atoms with Crippen molar-refractivity contribution in [2.45, 2.75) is 37.0 Å². The van der Waals surface area contributed by atoms with Crippen LogP contribution in [0.3, 0.4) is 0 Å². The lowest BCUT2D eigenvalue weighted by atomic mass is 9.65. The summed E-state index contributed by atoms with van der Waals surface area (Å²) in [7, 11) is -3.49. The van der Waals surface area contributed by atoms with E-state index in [1.165, 1.54) is 37.7 Å². The van der Waals surface area contributed by atoms with Crippen molar-refractivity contribution in [2.24, 2.45) is 11.3 Å². The molecule has 0 saturated heterocycles. The van der Waals surface area contributed by atoms with E-state index < -0.39 is 10.0 Å². The lowest BCUT2D eigenvalue weighted by Gasteiger charge is -2.42. The quantitative estimate of drug-likeness (QED) is 0.909. The zero-order chi connectivity index (χ0) is 13.5. The minimum absolute atomic E-state index is 0.144. The Labute approximate surface area is 118 Å². The highest BCUT2D eigenvalue weighted by Gasteiger charge is 2.49. The van der Waals surface area contributed by atoms with E-state index in [-0.39, 0.29) is 10.3 Å². The molecule has 2 saturated carbocycles. The lowest BCUT2D eigenvalue weighted by Crippen LogP contribution is -2.43. The second-order valence-corrected chi connectivity index (χ2v) is 7.86. The van der Waals surface area contributed by atoms with E-state index in [0.717, 1.165) is 18.8 Å². The zero-order valence-electron chi connectivity index (χ0n) is 10.6. The SMILES string of the molecule is O=S(=O)(NCC1(C2CC2)CCC1)c1cncc(Cl)c1. The van der Waals surface area contributed by atoms with E-state index in [1.54, 1.807) is 0 Å². The Morgan fingerprint density at radius 3 is 2.63 bits per heavy atom. The van der Waals surface area contributed by atoms with Crippen molar-refractivity contribution in [3.63, 3.8) is 0 Å². The first-order chi connectivity index (χ1) is 9.02. The summed E-state index contributed by atoms with van der Waals surface area (Å²) in [6, 6.07) is 1.43. The number of rotatable bonds is 5. The molecule has 0 aliphatic heterocycles. The van der Waals surface area contributed by atoms with Crippen LogP contribution >= 0.6 is 11.6 Å². The highest BCUT2D eigenvalue weighted by atomic mass is 35.5. The summed E-state index contributed by atoms with van der Waals surface area (Å²) in [4.78, 5) is 3.97. The molecular weight excluding hydrogens is 284 g/mol. The van der Waals surface area contributed by atoms with Gasteiger partial charge in [0, 0.05) is 18.9 Å². The summed E-state index contributed by atoms with van der Waals surface area (Å²) in [5.74, 6) is 0.724. The summed E-state index contributed by atoms with van der Waals surface area (Å²) in [6.45, 7) is 0.548. The Morgan fingerprint density at radius 2 is 2.11 bits per heavy atom. The molecule has 19 heavy (non-hydrogen) atoms. The molecule has 2 aliphatic rings. The Morgan fingerprint density at radius 1 is 1.37 bits per heavy atom. The molecule has 6 heteroatoms. The van der Waals surface area contributed by atoms with Gasteiger partial charge in [0.1, 0.15) is 4.90 Å². The first kappa shape index (κ1) is 13.3. The molecule has 0 bridgehead atoms. The van der Waals surface area contributed by atoms with Crippen molar-refractivity contribution in [1.29, 1.82) is 0 Å². The first-order valence-electron chi connectivity index (χ1n) is 6.62. The maximum Gasteiger partial charge on any atom is 0.242 e. The van der Waals surface area contributed by atoms with Gasteiger partial charge in [0.05, 0.1) is 5.02 Å². The van der Waals surface area contributed by atoms with Gasteiger partial charge in [-0.15, -0.1) is 0 Å². The van der Waals surface area contributed by atoms with E-state index in [1.807, 2.05) is 0 Å². The second-order valence-electron chi connectivity index (χ2n) is 5.65. The lowest BCUT2D eigenvalue weighted by molar-refractivity contribution is 0.107. The van der Waals surface area contributed by atoms with Crippen LogP contribution < -0.4 is 4.72 Å². The molecule has 4 nitrogen and oxygen atoms in total. The van der Waals surface area contributed by atoms with Gasteiger partial charge >= 0.3 is 0 Å². The van der Waals surface area contributed by atoms with Crippen LogP contribution in [0.2, 0.25) is 5.02 Å². The third-order valence-electron chi connectivity index (χ3n) is 4.40. The van der Waals surface area contributed by atoms with Crippen LogP contribution in [0.5, 0.6) is 0 Å². The summed E-state index contributed by atoms with van der Waals surface area (Å²) in [5.41, 5.74) is 0.221. The fourth-order valence-corrected chi connectivity index (χ4v) is 4.28. The van der Waals surface area contributed by atoms with Gasteiger partial charge < -0.3 is 0 Å². The normalized spacial score (nSPS) is 21.9. The number of aromatic nitrogens is 1. The number of hydrogen-bond acceptors (Lipinski definition) is 3. The van der Waals surface area contributed by atoms with Gasteiger partial charge in [-0.3, -0.25) is 4.98 Å². The summed E-state index contributed by atoms with van der Waals surface area (Å²) >= 11 is 5.79. The van der Waals surface area contributed by atoms with Crippen molar-refractivity contribution < 1.29 is 8.42 Å². The van der Waals surface area contributed by atoms with E-state index in [0.29, 0.717) is 11.6 Å². The average molecular weight is 301 g/mol. The fraction of sp³-hybridized carbons (Fsp3) is 0.615. The van der Waals surface area contributed by atoms with Crippen LogP contribution in [0.25, 0.3) is 0 Å². The first-order valence-corrected chi connectivity index (χ1v) is 8.48. The molecule has 104 valence electrons. The summed E-state index contributed by atoms with van der Waals surface area (Å²) in [5, 5.41) is 0.337. The molecule has 1 aromatic rings. The highest BCUT2D eigenvalue weighted by Crippen LogP contribution is 2.56. The third kappa shape index (κ3) is 2.64. The van der Waals surface area contributed by atoms with Crippen molar-refractivity contribution in [3.05, 3.63) is 23.5 Å². The van der Waals surface area contributed by atoms with Crippen LogP contribution in [-0.4, -0.2) is 19.9 Å². The van der Waals surface area contributed by atoms with Gasteiger partial charge in [0.25, 0.3) is 0 Å². The Bertz CT molecular complexity index is 580. The average Bonchev–Trinajstić information content (AvgIpc) is 3.12. The molecule has 1 N–H and O–H groups in total. The second kappa shape index (κ2) is 4.72. The van der Waals surface area contributed by atoms with Crippen LogP contribution in [0.4, 0.5) is 0 Å². The number of pyridine rings is 1. The molecule has 0 unspecified atom stereocenters. The molecular formula is C13H17ClN2O2S. The van der Waals surface area contributed by atoms with Gasteiger partial charge in [-0.2, -0.15) is 0 Å². The Kier molecular flexibility index (Phi) is 3.31. The predicted molar refractivity (Wildman–Crippen MR) is 73.4 cm³/mol. The Balaban J connectivity index is 1.72. The molecule has 0 atom stereocenters. The van der Waals surface area contributed by atoms with Gasteiger partial charge in [0.2, 0.25) is 10.0 Å². The molecule has 0 spiro atoms. The summed E-state index contributed by atoms with van der Waals surface area (Å²) < 4.78 is 27.1. The number of hydrogen-bond donors (Lipinski definition) is 1. The molecule has 0 aromatic carbocycles. The molecule has 0 amide bonds. The number of sulfonamides is 1. The van der Waals surface area contributed by atoms with Crippen LogP contribution in [0, 0.1) is 11.3 Å². The molecule has 2 aliphatic carbocycles. The number of halogens is 1. The molecule has 0 radical (unpaired) electrons. The maximum absolute atomic E-state index is 12.2. The van der Waals surface area contributed by atoms with Gasteiger partial charge in [-0.05, 0) is 43.1 Å². The van der Waals surface area contributed by atoms with E-state index >= 15 is 0 Å². The van der Waals surface area contributed by atoms with Crippen LogP contribution in [-0.2, 0) is 10.0 Å². The largest absolute Gasteiger partial charge is 0.262 e. The van der Waals surface area contributed by atoms with Crippen molar-refractivity contribution >= 4 is 21.6 Å². The molecule has 3 rings (SSSR count). The smallest absolute Gasteiger partial charge is 0.242 e. The number of nitrogens with one attached hydrogen (secondary N) is 1. The summed E-state index contributed by atoms with van der Waals surface area (Å²) in [6.07, 6.45) is 8.77. The molecule has 1 aromatic heterocycles. The highest BCUT2D eigenvalue weighted by molar-refractivity contribution is 7.89. The van der Waals surface area contributed by atoms with Crippen molar-refractivity contribution in [3.8, 4) is 0 Å². The molecule has 1 heterocycles. The van der Waals surface area contributed by atoms with Crippen LogP contribution in [0.15, 0.2) is 23.4 Å².